The monoisotopic (exact) mass is 465 g/mol. The van der Waals surface area contributed by atoms with Crippen LogP contribution in [0.2, 0.25) is 0 Å². The van der Waals surface area contributed by atoms with Crippen molar-refractivity contribution < 1.29 is 9.53 Å². The van der Waals surface area contributed by atoms with Crippen LogP contribution in [-0.4, -0.2) is 26.2 Å². The third-order valence-electron chi connectivity index (χ3n) is 4.95. The second-order valence-electron chi connectivity index (χ2n) is 8.72. The van der Waals surface area contributed by atoms with E-state index in [0.717, 1.165) is 0 Å². The molecule has 2 heterocycles. The Labute approximate surface area is 202 Å². The van der Waals surface area contributed by atoms with E-state index in [-0.39, 0.29) is 5.56 Å². The van der Waals surface area contributed by atoms with Gasteiger partial charge in [-0.25, -0.2) is 14.8 Å². The summed E-state index contributed by atoms with van der Waals surface area (Å²) in [6.45, 7) is 5.33. The van der Waals surface area contributed by atoms with Gasteiger partial charge in [0, 0.05) is 41.0 Å². The van der Waals surface area contributed by atoms with Gasteiger partial charge < -0.3 is 4.74 Å². The van der Waals surface area contributed by atoms with Crippen molar-refractivity contribution in [1.82, 2.24) is 14.5 Å². The lowest BCUT2D eigenvalue weighted by molar-refractivity contribution is 0.0636. The molecule has 35 heavy (non-hydrogen) atoms. The summed E-state index contributed by atoms with van der Waals surface area (Å²) < 4.78 is 6.78. The van der Waals surface area contributed by atoms with Crippen LogP contribution < -0.4 is 10.9 Å². The number of nitrogens with one attached hydrogen (secondary N) is 1. The third kappa shape index (κ3) is 5.42. The maximum atomic E-state index is 13.6. The molecule has 2 aromatic carbocycles. The lowest BCUT2D eigenvalue weighted by Crippen LogP contribution is -2.27. The number of rotatable bonds is 4. The SMILES string of the molecule is CC(C)(C)OC(=O)Nc1cccc(-n2cc(-c3ncccn3)cc(-c3ccccc3C#N)c2=O)c1. The van der Waals surface area contributed by atoms with Gasteiger partial charge in [0.1, 0.15) is 5.60 Å². The molecule has 1 amide bonds. The number of hydrogen-bond acceptors (Lipinski definition) is 6. The van der Waals surface area contributed by atoms with Crippen molar-refractivity contribution in [1.29, 1.82) is 5.26 Å². The first-order chi connectivity index (χ1) is 16.7. The van der Waals surface area contributed by atoms with Gasteiger partial charge in [-0.15, -0.1) is 0 Å². The number of ether oxygens (including phenoxy) is 1. The summed E-state index contributed by atoms with van der Waals surface area (Å²) in [5.74, 6) is 0.431. The van der Waals surface area contributed by atoms with Crippen LogP contribution in [0.1, 0.15) is 26.3 Å². The van der Waals surface area contributed by atoms with Crippen LogP contribution >= 0.6 is 0 Å². The predicted octanol–water partition coefficient (Wildman–Crippen LogP) is 5.18. The van der Waals surface area contributed by atoms with E-state index in [0.29, 0.717) is 39.5 Å². The van der Waals surface area contributed by atoms with Gasteiger partial charge in [-0.1, -0.05) is 24.3 Å². The van der Waals surface area contributed by atoms with E-state index in [1.807, 2.05) is 0 Å². The molecule has 0 saturated carbocycles. The number of aromatic nitrogens is 3. The average molecular weight is 466 g/mol. The van der Waals surface area contributed by atoms with E-state index in [4.69, 9.17) is 4.74 Å². The van der Waals surface area contributed by atoms with E-state index in [2.05, 4.69) is 21.4 Å². The smallest absolute Gasteiger partial charge is 0.412 e. The highest BCUT2D eigenvalue weighted by Gasteiger charge is 2.18. The van der Waals surface area contributed by atoms with Gasteiger partial charge in [-0.05, 0) is 57.2 Å². The van der Waals surface area contributed by atoms with Crippen molar-refractivity contribution in [2.45, 2.75) is 26.4 Å². The Morgan fingerprint density at radius 2 is 1.74 bits per heavy atom. The summed E-state index contributed by atoms with van der Waals surface area (Å²) in [7, 11) is 0. The van der Waals surface area contributed by atoms with Crippen molar-refractivity contribution in [2.75, 3.05) is 5.32 Å². The second kappa shape index (κ2) is 9.61. The van der Waals surface area contributed by atoms with Crippen LogP contribution in [0, 0.1) is 11.3 Å². The van der Waals surface area contributed by atoms with Gasteiger partial charge in [0.05, 0.1) is 17.3 Å². The molecule has 0 unspecified atom stereocenters. The van der Waals surface area contributed by atoms with Crippen molar-refractivity contribution in [3.63, 3.8) is 0 Å². The summed E-state index contributed by atoms with van der Waals surface area (Å²) in [6, 6.07) is 19.3. The van der Waals surface area contributed by atoms with Crippen molar-refractivity contribution in [3.05, 3.63) is 95.2 Å². The number of hydrogen-bond donors (Lipinski definition) is 1. The number of nitriles is 1. The zero-order chi connectivity index (χ0) is 25.0. The Morgan fingerprint density at radius 1 is 1.00 bits per heavy atom. The van der Waals surface area contributed by atoms with Crippen LogP contribution in [0.3, 0.4) is 0 Å². The van der Waals surface area contributed by atoms with Crippen molar-refractivity contribution in [3.8, 4) is 34.3 Å². The molecule has 0 spiro atoms. The summed E-state index contributed by atoms with van der Waals surface area (Å²) in [4.78, 5) is 34.5. The summed E-state index contributed by atoms with van der Waals surface area (Å²) >= 11 is 0. The third-order valence-corrected chi connectivity index (χ3v) is 4.95. The maximum Gasteiger partial charge on any atom is 0.412 e. The standard InChI is InChI=1S/C27H23N5O3/c1-27(2,3)35-26(34)31-20-9-6-10-21(15-20)32-17-19(24-29-12-7-13-30-24)14-23(25(32)33)22-11-5-4-8-18(22)16-28/h4-15,17H,1-3H3,(H,31,34). The Kier molecular flexibility index (Phi) is 6.42. The molecule has 0 aliphatic rings. The number of benzene rings is 2. The van der Waals surface area contributed by atoms with E-state index >= 15 is 0 Å². The number of carbonyl (C=O) groups excluding carboxylic acids is 1. The molecule has 1 N–H and O–H groups in total. The largest absolute Gasteiger partial charge is 0.444 e. The lowest BCUT2D eigenvalue weighted by atomic mass is 10.00. The van der Waals surface area contributed by atoms with Gasteiger partial charge in [-0.2, -0.15) is 5.26 Å². The molecule has 0 bridgehead atoms. The number of amides is 1. The number of pyridine rings is 1. The Balaban J connectivity index is 1.86. The summed E-state index contributed by atoms with van der Waals surface area (Å²) in [6.07, 6.45) is 4.28. The average Bonchev–Trinajstić information content (AvgIpc) is 2.83. The van der Waals surface area contributed by atoms with Gasteiger partial charge >= 0.3 is 6.09 Å². The van der Waals surface area contributed by atoms with Gasteiger partial charge in [0.2, 0.25) is 0 Å². The molecule has 4 rings (SSSR count). The van der Waals surface area contributed by atoms with Gasteiger partial charge in [0.15, 0.2) is 5.82 Å². The van der Waals surface area contributed by atoms with Crippen LogP contribution in [0.5, 0.6) is 0 Å². The minimum absolute atomic E-state index is 0.331. The minimum Gasteiger partial charge on any atom is -0.444 e. The van der Waals surface area contributed by atoms with Gasteiger partial charge in [-0.3, -0.25) is 14.7 Å². The fourth-order valence-corrected chi connectivity index (χ4v) is 3.51. The Bertz CT molecular complexity index is 1480. The van der Waals surface area contributed by atoms with E-state index < -0.39 is 11.7 Å². The molecule has 174 valence electrons. The molecule has 4 aromatic rings. The first-order valence-electron chi connectivity index (χ1n) is 10.9. The van der Waals surface area contributed by atoms with Crippen molar-refractivity contribution in [2.24, 2.45) is 0 Å². The first-order valence-corrected chi connectivity index (χ1v) is 10.9. The Morgan fingerprint density at radius 3 is 2.46 bits per heavy atom. The van der Waals surface area contributed by atoms with Crippen LogP contribution in [0.4, 0.5) is 10.5 Å². The highest BCUT2D eigenvalue weighted by Crippen LogP contribution is 2.26. The molecule has 0 aliphatic heterocycles. The quantitative estimate of drug-likeness (QED) is 0.445. The zero-order valence-corrected chi connectivity index (χ0v) is 19.5. The fourth-order valence-electron chi connectivity index (χ4n) is 3.51. The molecule has 0 fully saturated rings. The molecule has 0 saturated heterocycles. The Hall–Kier alpha value is -4.77. The molecule has 2 aromatic heterocycles. The number of nitrogens with zero attached hydrogens (tertiary/aromatic N) is 4. The van der Waals surface area contributed by atoms with E-state index in [1.165, 1.54) is 4.57 Å². The molecule has 8 heteroatoms. The molecular formula is C27H23N5O3. The summed E-state index contributed by atoms with van der Waals surface area (Å²) in [5, 5.41) is 12.3. The molecule has 0 radical (unpaired) electrons. The van der Waals surface area contributed by atoms with Crippen LogP contribution in [0.25, 0.3) is 28.2 Å². The van der Waals surface area contributed by atoms with Crippen molar-refractivity contribution >= 4 is 11.8 Å². The predicted molar refractivity (Wildman–Crippen MR) is 133 cm³/mol. The number of anilines is 1. The highest BCUT2D eigenvalue weighted by atomic mass is 16.6. The second-order valence-corrected chi connectivity index (χ2v) is 8.72. The molecular weight excluding hydrogens is 442 g/mol. The summed E-state index contributed by atoms with van der Waals surface area (Å²) in [5.41, 5.74) is 1.81. The van der Waals surface area contributed by atoms with Crippen LogP contribution in [0.15, 0.2) is 84.0 Å². The first kappa shape index (κ1) is 23.4. The fraction of sp³-hybridized carbons (Fsp3) is 0.148. The van der Waals surface area contributed by atoms with E-state index in [9.17, 15) is 14.9 Å². The molecule has 0 aliphatic carbocycles. The zero-order valence-electron chi connectivity index (χ0n) is 19.5. The highest BCUT2D eigenvalue weighted by molar-refractivity contribution is 5.85. The molecule has 8 nitrogen and oxygen atoms in total. The van der Waals surface area contributed by atoms with Gasteiger partial charge in [0.25, 0.3) is 5.56 Å². The number of carbonyl (C=O) groups is 1. The lowest BCUT2D eigenvalue weighted by Gasteiger charge is -2.20. The maximum absolute atomic E-state index is 13.6. The van der Waals surface area contributed by atoms with Crippen LogP contribution in [-0.2, 0) is 4.74 Å². The molecule has 0 atom stereocenters. The minimum atomic E-state index is -0.647. The topological polar surface area (TPSA) is 110 Å². The normalized spacial score (nSPS) is 10.9. The van der Waals surface area contributed by atoms with E-state index in [1.54, 1.807) is 100 Å².